The lowest BCUT2D eigenvalue weighted by atomic mass is 10.2. The van der Waals surface area contributed by atoms with Gasteiger partial charge in [0, 0.05) is 17.3 Å². The van der Waals surface area contributed by atoms with E-state index in [1.54, 1.807) is 0 Å². The molecule has 0 spiro atoms. The van der Waals surface area contributed by atoms with Crippen LogP contribution in [0.3, 0.4) is 0 Å². The molecule has 0 saturated carbocycles. The van der Waals surface area contributed by atoms with Crippen LogP contribution in [-0.2, 0) is 5.75 Å². The maximum absolute atomic E-state index is 4.20. The van der Waals surface area contributed by atoms with Crippen molar-refractivity contribution in [2.45, 2.75) is 5.75 Å². The van der Waals surface area contributed by atoms with Gasteiger partial charge in [-0.3, -0.25) is 16.0 Å². The minimum absolute atomic E-state index is 0.0995. The molecule has 70 valence electrons. The average molecular weight is 195 g/mol. The largest absolute Gasteiger partial charge is 0.261 e. The Morgan fingerprint density at radius 3 is 3.08 bits per heavy atom. The fraction of sp³-hybridized carbons (Fsp3) is 0.333. The fourth-order valence-electron chi connectivity index (χ4n) is 1.38. The van der Waals surface area contributed by atoms with Crippen molar-refractivity contribution in [1.82, 2.24) is 15.2 Å². The van der Waals surface area contributed by atoms with E-state index in [0.29, 0.717) is 0 Å². The number of aromatic amines is 1. The van der Waals surface area contributed by atoms with Gasteiger partial charge in [0.25, 0.3) is 0 Å². The number of nitrogens with zero attached hydrogens (tertiary/aromatic N) is 2. The first kappa shape index (κ1) is 8.56. The van der Waals surface area contributed by atoms with Gasteiger partial charge in [-0.1, -0.05) is 0 Å². The third kappa shape index (κ3) is 1.67. The molecule has 3 nitrogen and oxygen atoms in total. The molecule has 4 heteroatoms. The molecule has 0 bridgehead atoms. The maximum Gasteiger partial charge on any atom is 0.155 e. The van der Waals surface area contributed by atoms with Gasteiger partial charge in [0.2, 0.25) is 0 Å². The second-order valence-corrected chi connectivity index (χ2v) is 5.82. The highest BCUT2D eigenvalue weighted by Crippen LogP contribution is 2.25. The molecular formula is C9H13N3S. The van der Waals surface area contributed by atoms with Gasteiger partial charge in [-0.05, 0) is 24.1 Å². The second-order valence-electron chi connectivity index (χ2n) is 3.34. The van der Waals surface area contributed by atoms with Gasteiger partial charge in [-0.2, -0.15) is 5.10 Å². The van der Waals surface area contributed by atoms with Crippen LogP contribution >= 0.6 is 10.9 Å². The van der Waals surface area contributed by atoms with E-state index in [-0.39, 0.29) is 10.9 Å². The zero-order valence-corrected chi connectivity index (χ0v) is 8.68. The quantitative estimate of drug-likeness (QED) is 0.716. The summed E-state index contributed by atoms with van der Waals surface area (Å²) in [5.74, 6) is 1.15. The summed E-state index contributed by atoms with van der Waals surface area (Å²) in [6, 6.07) is 2.08. The number of hydrogen-bond donors (Lipinski definition) is 2. The van der Waals surface area contributed by atoms with Crippen molar-refractivity contribution in [1.29, 1.82) is 0 Å². The Morgan fingerprint density at radius 1 is 1.46 bits per heavy atom. The molecule has 0 aliphatic rings. The van der Waals surface area contributed by atoms with Crippen molar-refractivity contribution < 1.29 is 0 Å². The molecule has 0 amide bonds. The van der Waals surface area contributed by atoms with Crippen LogP contribution in [0, 0.1) is 0 Å². The van der Waals surface area contributed by atoms with Crippen LogP contribution < -0.4 is 0 Å². The van der Waals surface area contributed by atoms with Crippen LogP contribution in [0.2, 0.25) is 0 Å². The molecule has 2 aromatic heterocycles. The average Bonchev–Trinajstić information content (AvgIpc) is 2.51. The molecule has 2 heterocycles. The zero-order chi connectivity index (χ0) is 9.26. The van der Waals surface area contributed by atoms with Crippen LogP contribution in [0.15, 0.2) is 18.5 Å². The van der Waals surface area contributed by atoms with E-state index >= 15 is 0 Å². The van der Waals surface area contributed by atoms with E-state index in [1.807, 2.05) is 12.4 Å². The van der Waals surface area contributed by atoms with Crippen molar-refractivity contribution >= 4 is 21.9 Å². The number of pyridine rings is 1. The summed E-state index contributed by atoms with van der Waals surface area (Å²) >= 11 is 0. The minimum Gasteiger partial charge on any atom is -0.261 e. The molecule has 13 heavy (non-hydrogen) atoms. The molecular weight excluding hydrogens is 182 g/mol. The Kier molecular flexibility index (Phi) is 2.22. The number of rotatable bonds is 2. The minimum atomic E-state index is 0.0995. The summed E-state index contributed by atoms with van der Waals surface area (Å²) in [7, 11) is 0.0995. The predicted molar refractivity (Wildman–Crippen MR) is 58.4 cm³/mol. The lowest BCUT2D eigenvalue weighted by molar-refractivity contribution is 1.10. The van der Waals surface area contributed by atoms with Gasteiger partial charge < -0.3 is 0 Å². The predicted octanol–water partition coefficient (Wildman–Crippen LogP) is 1.72. The van der Waals surface area contributed by atoms with E-state index in [2.05, 4.69) is 33.8 Å². The molecule has 0 aromatic carbocycles. The van der Waals surface area contributed by atoms with Gasteiger partial charge in [0.05, 0.1) is 6.20 Å². The number of fused-ring (bicyclic) bond motifs is 1. The Hall–Kier alpha value is -1.03. The van der Waals surface area contributed by atoms with Crippen LogP contribution in [0.25, 0.3) is 11.0 Å². The third-order valence-electron chi connectivity index (χ3n) is 1.93. The first-order chi connectivity index (χ1) is 6.27. The zero-order valence-electron chi connectivity index (χ0n) is 7.78. The molecule has 0 atom stereocenters. The van der Waals surface area contributed by atoms with Crippen LogP contribution in [0.5, 0.6) is 0 Å². The molecule has 1 N–H and O–H groups in total. The van der Waals surface area contributed by atoms with Gasteiger partial charge in [-0.15, -0.1) is 0 Å². The number of aromatic nitrogens is 3. The first-order valence-electron chi connectivity index (χ1n) is 4.19. The summed E-state index contributed by atoms with van der Waals surface area (Å²) in [6.45, 7) is 0. The lowest BCUT2D eigenvalue weighted by Crippen LogP contribution is -1.87. The Balaban J connectivity index is 2.48. The van der Waals surface area contributed by atoms with E-state index in [1.165, 1.54) is 10.9 Å². The number of hydrogen-bond acceptors (Lipinski definition) is 2. The summed E-state index contributed by atoms with van der Waals surface area (Å²) in [5, 5.41) is 8.03. The summed E-state index contributed by atoms with van der Waals surface area (Å²) in [6.07, 6.45) is 8.26. The number of nitrogens with one attached hydrogen (secondary N) is 1. The smallest absolute Gasteiger partial charge is 0.155 e. The highest BCUT2D eigenvalue weighted by Gasteiger charge is 2.03. The van der Waals surface area contributed by atoms with Crippen molar-refractivity contribution in [3.8, 4) is 0 Å². The molecule has 0 aliphatic carbocycles. The van der Waals surface area contributed by atoms with Crippen molar-refractivity contribution in [2.24, 2.45) is 0 Å². The lowest BCUT2D eigenvalue weighted by Gasteiger charge is -2.08. The Labute approximate surface area is 79.9 Å². The van der Waals surface area contributed by atoms with Crippen LogP contribution in [0.1, 0.15) is 5.56 Å². The molecule has 0 fully saturated rings. The van der Waals surface area contributed by atoms with E-state index in [0.717, 1.165) is 11.4 Å². The fourth-order valence-corrected chi connectivity index (χ4v) is 2.34. The molecule has 2 aromatic rings. The Bertz CT molecular complexity index is 408. The maximum atomic E-state index is 4.20. The van der Waals surface area contributed by atoms with Crippen molar-refractivity contribution in [3.63, 3.8) is 0 Å². The summed E-state index contributed by atoms with van der Waals surface area (Å²) < 4.78 is 0. The van der Waals surface area contributed by atoms with Gasteiger partial charge in [-0.25, -0.2) is 4.98 Å². The third-order valence-corrected chi connectivity index (χ3v) is 2.90. The summed E-state index contributed by atoms with van der Waals surface area (Å²) in [5.41, 5.74) is 2.25. The molecule has 0 unspecified atom stereocenters. The van der Waals surface area contributed by atoms with Crippen molar-refractivity contribution in [2.75, 3.05) is 12.5 Å². The highest BCUT2D eigenvalue weighted by molar-refractivity contribution is 8.15. The number of H-pyrrole nitrogens is 1. The molecule has 2 rings (SSSR count). The molecule has 0 aliphatic heterocycles. The number of thiol groups is 1. The van der Waals surface area contributed by atoms with Gasteiger partial charge >= 0.3 is 0 Å². The standard InChI is InChI=1S/C9H13N3S/c1-13(2)6-7-3-4-10-9-8(7)5-11-12-9/h3-5,13H,6H2,1-2H3,(H,10,11,12). The summed E-state index contributed by atoms with van der Waals surface area (Å²) in [4.78, 5) is 4.20. The van der Waals surface area contributed by atoms with Crippen LogP contribution in [-0.4, -0.2) is 27.7 Å². The van der Waals surface area contributed by atoms with E-state index in [4.69, 9.17) is 0 Å². The topological polar surface area (TPSA) is 41.6 Å². The van der Waals surface area contributed by atoms with Gasteiger partial charge in [0.15, 0.2) is 5.65 Å². The molecule has 0 radical (unpaired) electrons. The van der Waals surface area contributed by atoms with E-state index in [9.17, 15) is 0 Å². The van der Waals surface area contributed by atoms with Crippen molar-refractivity contribution in [3.05, 3.63) is 24.0 Å². The normalized spacial score (nSPS) is 12.0. The first-order valence-corrected chi connectivity index (χ1v) is 6.61. The SMILES string of the molecule is C[SH](C)Cc1ccnc2[nH]ncc12. The van der Waals surface area contributed by atoms with E-state index < -0.39 is 0 Å². The van der Waals surface area contributed by atoms with Gasteiger partial charge in [0.1, 0.15) is 0 Å². The molecule has 0 saturated heterocycles. The highest BCUT2D eigenvalue weighted by atomic mass is 32.2. The second kappa shape index (κ2) is 3.38. The monoisotopic (exact) mass is 195 g/mol. The van der Waals surface area contributed by atoms with Crippen LogP contribution in [0.4, 0.5) is 0 Å². The Morgan fingerprint density at radius 2 is 2.31 bits per heavy atom.